The van der Waals surface area contributed by atoms with Gasteiger partial charge in [0.2, 0.25) is 0 Å². The van der Waals surface area contributed by atoms with E-state index in [0.29, 0.717) is 5.56 Å². The molecule has 2 rings (SSSR count). The summed E-state index contributed by atoms with van der Waals surface area (Å²) >= 11 is 0. The van der Waals surface area contributed by atoms with Crippen molar-refractivity contribution in [2.45, 2.75) is 19.1 Å². The highest BCUT2D eigenvalue weighted by atomic mass is 16.3. The summed E-state index contributed by atoms with van der Waals surface area (Å²) in [6.45, 7) is 1.86. The zero-order valence-electron chi connectivity index (χ0n) is 10.9. The van der Waals surface area contributed by atoms with Crippen molar-refractivity contribution in [1.82, 2.24) is 0 Å². The SMILES string of the molecule is C/C=C(\c1ccccc1)[C@H](O)[C@@H](O)c1ccccc1. The van der Waals surface area contributed by atoms with E-state index >= 15 is 0 Å². The Labute approximate surface area is 113 Å². The molecule has 2 nitrogen and oxygen atoms in total. The first kappa shape index (κ1) is 13.5. The molecule has 2 aromatic carbocycles. The van der Waals surface area contributed by atoms with Gasteiger partial charge in [0.25, 0.3) is 0 Å². The highest BCUT2D eigenvalue weighted by Gasteiger charge is 2.22. The Bertz CT molecular complexity index is 532. The van der Waals surface area contributed by atoms with Crippen LogP contribution in [0.2, 0.25) is 0 Å². The van der Waals surface area contributed by atoms with Crippen LogP contribution in [0.1, 0.15) is 24.2 Å². The Balaban J connectivity index is 2.25. The number of aliphatic hydroxyl groups excluding tert-OH is 2. The number of allylic oxidation sites excluding steroid dienone is 1. The third-order valence-electron chi connectivity index (χ3n) is 3.18. The molecule has 0 spiro atoms. The van der Waals surface area contributed by atoms with E-state index in [9.17, 15) is 10.2 Å². The third kappa shape index (κ3) is 3.11. The van der Waals surface area contributed by atoms with Gasteiger partial charge in [-0.25, -0.2) is 0 Å². The topological polar surface area (TPSA) is 40.5 Å². The minimum atomic E-state index is -0.935. The maximum Gasteiger partial charge on any atom is 0.109 e. The summed E-state index contributed by atoms with van der Waals surface area (Å²) in [7, 11) is 0. The maximum absolute atomic E-state index is 10.4. The zero-order chi connectivity index (χ0) is 13.7. The van der Waals surface area contributed by atoms with Crippen molar-refractivity contribution >= 4 is 5.57 Å². The summed E-state index contributed by atoms with van der Waals surface area (Å²) in [5, 5.41) is 20.6. The molecule has 0 unspecified atom stereocenters. The van der Waals surface area contributed by atoms with E-state index in [1.165, 1.54) is 0 Å². The Morgan fingerprint density at radius 1 is 0.895 bits per heavy atom. The molecule has 0 aliphatic carbocycles. The number of aliphatic hydroxyl groups is 2. The standard InChI is InChI=1S/C17H18O2/c1-2-15(13-9-5-3-6-10-13)17(19)16(18)14-11-7-4-8-12-14/h2-12,16-19H,1H3/b15-2+/t16-,17-/m0/s1. The van der Waals surface area contributed by atoms with Crippen LogP contribution in [0.5, 0.6) is 0 Å². The molecule has 0 saturated heterocycles. The summed E-state index contributed by atoms with van der Waals surface area (Å²) < 4.78 is 0. The number of hydrogen-bond donors (Lipinski definition) is 2. The van der Waals surface area contributed by atoms with Gasteiger partial charge in [-0.15, -0.1) is 0 Å². The van der Waals surface area contributed by atoms with Crippen LogP contribution in [-0.4, -0.2) is 16.3 Å². The Morgan fingerprint density at radius 3 is 1.95 bits per heavy atom. The highest BCUT2D eigenvalue weighted by molar-refractivity contribution is 5.69. The first-order chi connectivity index (χ1) is 9.24. The lowest BCUT2D eigenvalue weighted by Gasteiger charge is -2.21. The number of rotatable bonds is 4. The summed E-state index contributed by atoms with van der Waals surface area (Å²) in [6, 6.07) is 18.8. The second kappa shape index (κ2) is 6.32. The average Bonchev–Trinajstić information content (AvgIpc) is 2.49. The van der Waals surface area contributed by atoms with E-state index in [2.05, 4.69) is 0 Å². The molecule has 0 aliphatic heterocycles. The van der Waals surface area contributed by atoms with Crippen LogP contribution >= 0.6 is 0 Å². The fourth-order valence-corrected chi connectivity index (χ4v) is 2.14. The summed E-state index contributed by atoms with van der Waals surface area (Å²) in [5.74, 6) is 0. The monoisotopic (exact) mass is 254 g/mol. The quantitative estimate of drug-likeness (QED) is 0.879. The van der Waals surface area contributed by atoms with Crippen molar-refractivity contribution in [3.8, 4) is 0 Å². The molecule has 19 heavy (non-hydrogen) atoms. The molecule has 0 radical (unpaired) electrons. The lowest BCUT2D eigenvalue weighted by atomic mass is 9.93. The molecular formula is C17H18O2. The molecule has 0 aromatic heterocycles. The minimum Gasteiger partial charge on any atom is -0.385 e. The Hall–Kier alpha value is -1.90. The predicted molar refractivity (Wildman–Crippen MR) is 77.5 cm³/mol. The molecule has 0 amide bonds. The maximum atomic E-state index is 10.4. The van der Waals surface area contributed by atoms with Gasteiger partial charge in [-0.1, -0.05) is 66.7 Å². The lowest BCUT2D eigenvalue weighted by molar-refractivity contribution is 0.0542. The van der Waals surface area contributed by atoms with Crippen molar-refractivity contribution in [3.63, 3.8) is 0 Å². The normalized spacial score (nSPS) is 15.0. The summed E-state index contributed by atoms with van der Waals surface area (Å²) in [5.41, 5.74) is 2.37. The molecule has 2 N–H and O–H groups in total. The molecule has 98 valence electrons. The molecule has 2 heteroatoms. The highest BCUT2D eigenvalue weighted by Crippen LogP contribution is 2.27. The molecular weight excluding hydrogens is 236 g/mol. The van der Waals surface area contributed by atoms with Crippen molar-refractivity contribution in [2.75, 3.05) is 0 Å². The fraction of sp³-hybridized carbons (Fsp3) is 0.176. The second-order valence-electron chi connectivity index (χ2n) is 4.41. The average molecular weight is 254 g/mol. The smallest absolute Gasteiger partial charge is 0.109 e. The lowest BCUT2D eigenvalue weighted by Crippen LogP contribution is -2.20. The van der Waals surface area contributed by atoms with Crippen LogP contribution in [0.25, 0.3) is 5.57 Å². The summed E-state index contributed by atoms with van der Waals surface area (Å²) in [6.07, 6.45) is -0.0194. The first-order valence-electron chi connectivity index (χ1n) is 6.36. The van der Waals surface area contributed by atoms with E-state index in [0.717, 1.165) is 11.1 Å². The van der Waals surface area contributed by atoms with Gasteiger partial charge in [-0.2, -0.15) is 0 Å². The first-order valence-corrected chi connectivity index (χ1v) is 6.36. The van der Waals surface area contributed by atoms with Gasteiger partial charge in [0.1, 0.15) is 12.2 Å². The molecule has 2 atom stereocenters. The Kier molecular flexibility index (Phi) is 4.50. The number of hydrogen-bond acceptors (Lipinski definition) is 2. The van der Waals surface area contributed by atoms with E-state index in [-0.39, 0.29) is 0 Å². The van der Waals surface area contributed by atoms with Crippen LogP contribution in [-0.2, 0) is 0 Å². The van der Waals surface area contributed by atoms with Crippen LogP contribution in [0.4, 0.5) is 0 Å². The van der Waals surface area contributed by atoms with Crippen LogP contribution < -0.4 is 0 Å². The molecule has 0 fully saturated rings. The van der Waals surface area contributed by atoms with Crippen molar-refractivity contribution in [3.05, 3.63) is 77.9 Å². The summed E-state index contributed by atoms with van der Waals surface area (Å²) in [4.78, 5) is 0. The van der Waals surface area contributed by atoms with Gasteiger partial charge in [0.05, 0.1) is 0 Å². The van der Waals surface area contributed by atoms with Gasteiger partial charge in [0.15, 0.2) is 0 Å². The second-order valence-corrected chi connectivity index (χ2v) is 4.41. The van der Waals surface area contributed by atoms with Gasteiger partial charge >= 0.3 is 0 Å². The van der Waals surface area contributed by atoms with Crippen molar-refractivity contribution in [2.24, 2.45) is 0 Å². The minimum absolute atomic E-state index is 0.713. The van der Waals surface area contributed by atoms with Gasteiger partial charge in [0, 0.05) is 0 Å². The largest absolute Gasteiger partial charge is 0.385 e. The molecule has 2 aromatic rings. The predicted octanol–water partition coefficient (Wildman–Crippen LogP) is 3.18. The van der Waals surface area contributed by atoms with Crippen LogP contribution in [0, 0.1) is 0 Å². The molecule has 0 bridgehead atoms. The Morgan fingerprint density at radius 2 is 1.42 bits per heavy atom. The van der Waals surface area contributed by atoms with Crippen LogP contribution in [0.15, 0.2) is 66.7 Å². The van der Waals surface area contributed by atoms with E-state index in [1.54, 1.807) is 0 Å². The fourth-order valence-electron chi connectivity index (χ4n) is 2.14. The van der Waals surface area contributed by atoms with Crippen LogP contribution in [0.3, 0.4) is 0 Å². The number of benzene rings is 2. The van der Waals surface area contributed by atoms with E-state index < -0.39 is 12.2 Å². The van der Waals surface area contributed by atoms with Gasteiger partial charge < -0.3 is 10.2 Å². The van der Waals surface area contributed by atoms with Gasteiger partial charge in [-0.3, -0.25) is 0 Å². The van der Waals surface area contributed by atoms with E-state index in [1.807, 2.05) is 73.7 Å². The van der Waals surface area contributed by atoms with E-state index in [4.69, 9.17) is 0 Å². The third-order valence-corrected chi connectivity index (χ3v) is 3.18. The van der Waals surface area contributed by atoms with Crippen molar-refractivity contribution in [1.29, 1.82) is 0 Å². The molecule has 0 aliphatic rings. The molecule has 0 saturated carbocycles. The van der Waals surface area contributed by atoms with Crippen molar-refractivity contribution < 1.29 is 10.2 Å². The van der Waals surface area contributed by atoms with Gasteiger partial charge in [-0.05, 0) is 23.6 Å². The molecule has 0 heterocycles. The zero-order valence-corrected chi connectivity index (χ0v) is 10.9.